The van der Waals surface area contributed by atoms with Crippen LogP contribution < -0.4 is 20.3 Å². The number of likely N-dealkylation sites (N-methyl/N-ethyl adjacent to an activating group) is 2. The molecule has 8 heterocycles. The summed E-state index contributed by atoms with van der Waals surface area (Å²) >= 11 is 5.92. The minimum Gasteiger partial charge on any atom is -0.490 e. The number of aryl methyl sites for hydroxylation is 2. The number of carbonyl (C=O) groups is 2. The predicted octanol–water partition coefficient (Wildman–Crippen LogP) is 2.82. The number of ether oxygens (including phenoxy) is 2. The highest BCUT2D eigenvalue weighted by atomic mass is 35.5. The molecule has 2 aromatic heterocycles. The summed E-state index contributed by atoms with van der Waals surface area (Å²) in [7, 11) is 1.45. The molecule has 2 amide bonds. The number of benzene rings is 1. The molecule has 2 unspecified atom stereocenters. The number of fused-ring (bicyclic) bond motifs is 2. The lowest BCUT2D eigenvalue weighted by molar-refractivity contribution is -0.132. The van der Waals surface area contributed by atoms with Gasteiger partial charge in [-0.1, -0.05) is 0 Å². The second kappa shape index (κ2) is 17.2. The van der Waals surface area contributed by atoms with Crippen molar-refractivity contribution in [2.75, 3.05) is 80.5 Å². The molecule has 16 nitrogen and oxygen atoms in total. The summed E-state index contributed by atoms with van der Waals surface area (Å²) in [5.74, 6) is 4.92. The van der Waals surface area contributed by atoms with Crippen molar-refractivity contribution in [1.29, 1.82) is 0 Å². The van der Waals surface area contributed by atoms with Crippen molar-refractivity contribution in [2.24, 2.45) is 4.99 Å². The first-order valence-corrected chi connectivity index (χ1v) is 22.5. The second-order valence-electron chi connectivity index (χ2n) is 15.0. The van der Waals surface area contributed by atoms with Crippen molar-refractivity contribution in [3.05, 3.63) is 46.5 Å². The zero-order chi connectivity index (χ0) is 39.6. The molecule has 19 heteroatoms. The Hall–Kier alpha value is -4.42. The van der Waals surface area contributed by atoms with E-state index in [1.54, 1.807) is 16.8 Å². The summed E-state index contributed by atoms with van der Waals surface area (Å²) in [6, 6.07) is 8.13. The predicted molar refractivity (Wildman–Crippen MR) is 217 cm³/mol. The van der Waals surface area contributed by atoms with E-state index in [1.807, 2.05) is 31.3 Å². The number of hydrogen-bond donors (Lipinski definition) is 2. The summed E-state index contributed by atoms with van der Waals surface area (Å²) in [6.45, 7) is 4.17. The molecule has 1 aromatic carbocycles. The van der Waals surface area contributed by atoms with Gasteiger partial charge < -0.3 is 34.8 Å². The lowest BCUT2D eigenvalue weighted by Crippen LogP contribution is -2.43. The normalized spacial score (nSPS) is 24.6. The highest BCUT2D eigenvalue weighted by Crippen LogP contribution is 2.33. The van der Waals surface area contributed by atoms with Gasteiger partial charge in [-0.15, -0.1) is 0 Å². The van der Waals surface area contributed by atoms with Gasteiger partial charge in [0.1, 0.15) is 39.9 Å². The van der Waals surface area contributed by atoms with Crippen LogP contribution in [0.1, 0.15) is 55.5 Å². The summed E-state index contributed by atoms with van der Waals surface area (Å²) in [5.41, 5.74) is 2.62. The van der Waals surface area contributed by atoms with E-state index in [0.29, 0.717) is 91.8 Å². The number of rotatable bonds is 8. The first-order valence-electron chi connectivity index (χ1n) is 19.5. The number of aliphatic imine (C=N–C) groups is 1. The molecule has 0 aliphatic carbocycles. The third-order valence-corrected chi connectivity index (χ3v) is 14.1. The fourth-order valence-corrected chi connectivity index (χ4v) is 10.7. The Balaban J connectivity index is 0.000000192. The van der Waals surface area contributed by atoms with Crippen molar-refractivity contribution in [2.45, 2.75) is 79.3 Å². The molecule has 4 atom stereocenters. The first kappa shape index (κ1) is 39.4. The number of halogens is 1. The number of aromatic nitrogens is 4. The monoisotopic (exact) mass is 838 g/mol. The van der Waals surface area contributed by atoms with Crippen LogP contribution in [0, 0.1) is 0 Å². The van der Waals surface area contributed by atoms with Crippen molar-refractivity contribution in [3.63, 3.8) is 0 Å². The van der Waals surface area contributed by atoms with Crippen molar-refractivity contribution in [3.8, 4) is 5.75 Å². The molecule has 57 heavy (non-hydrogen) atoms. The maximum Gasteiger partial charge on any atom is 0.227 e. The molecule has 0 saturated carbocycles. The SMILES string of the molecule is CN1C[C@@H](Nc2nc(Cl)nc3c2S(=O)CC3)CCC1=O.CN1C[C@@H](Nc2nc(N3CCC(Oc4ccc(C5=NCCO5)cc4)CC3)nc3c2S(=O)CC3)CCC1=O. The van der Waals surface area contributed by atoms with E-state index < -0.39 is 21.6 Å². The van der Waals surface area contributed by atoms with E-state index >= 15 is 0 Å². The standard InChI is InChI=1S/C26H32N6O4S.C12H15ClN4O2S/c1-31-16-18(4-7-22(31)33)28-24-23-21(10-15-37(23)34)29-26(30-24)32-12-8-20(9-13-32)36-19-5-2-17(3-6-19)25-27-11-14-35-25;1-17-6-7(2-3-9(17)18)14-11-10-8(4-5-20(10)19)15-12(13)16-11/h2-3,5-6,18,20H,4,7-16H2,1H3,(H,28,29,30);7H,2-6H2,1H3,(H,14,15,16)/t18-,37?;7-,20?/m00/s1. The topological polar surface area (TPSA) is 184 Å². The molecule has 2 N–H and O–H groups in total. The van der Waals surface area contributed by atoms with Crippen LogP contribution in [0.25, 0.3) is 0 Å². The van der Waals surface area contributed by atoms with Gasteiger partial charge in [-0.2, -0.15) is 9.97 Å². The molecule has 6 aliphatic heterocycles. The average molecular weight is 839 g/mol. The second-order valence-corrected chi connectivity index (χ2v) is 18.4. The molecule has 0 radical (unpaired) electrons. The molecule has 304 valence electrons. The van der Waals surface area contributed by atoms with Crippen LogP contribution >= 0.6 is 11.6 Å². The summed E-state index contributed by atoms with van der Waals surface area (Å²) in [5, 5.41) is 6.95. The zero-order valence-corrected chi connectivity index (χ0v) is 34.5. The number of nitrogens with one attached hydrogen (secondary N) is 2. The quantitative estimate of drug-likeness (QED) is 0.316. The molecule has 9 rings (SSSR count). The van der Waals surface area contributed by atoms with E-state index in [2.05, 4.69) is 30.5 Å². The summed E-state index contributed by atoms with van der Waals surface area (Å²) in [6.07, 6.45) is 5.72. The fourth-order valence-electron chi connectivity index (χ4n) is 7.89. The Kier molecular flexibility index (Phi) is 11.9. The van der Waals surface area contributed by atoms with Crippen LogP contribution in [0.15, 0.2) is 39.0 Å². The van der Waals surface area contributed by atoms with E-state index in [-0.39, 0.29) is 35.3 Å². The van der Waals surface area contributed by atoms with E-state index in [1.165, 1.54) is 0 Å². The number of amides is 2. The van der Waals surface area contributed by atoms with Gasteiger partial charge in [-0.3, -0.25) is 18.0 Å². The van der Waals surface area contributed by atoms with Crippen LogP contribution in [0.2, 0.25) is 5.28 Å². The van der Waals surface area contributed by atoms with Gasteiger partial charge in [0.05, 0.1) is 39.5 Å². The van der Waals surface area contributed by atoms with Gasteiger partial charge in [-0.25, -0.2) is 15.0 Å². The van der Waals surface area contributed by atoms with Gasteiger partial charge in [-0.05, 0) is 48.7 Å². The first-order chi connectivity index (χ1) is 27.6. The van der Waals surface area contributed by atoms with Crippen LogP contribution in [-0.2, 0) is 48.8 Å². The van der Waals surface area contributed by atoms with E-state index in [9.17, 15) is 18.0 Å². The fraction of sp³-hybridized carbons (Fsp3) is 0.553. The molecular formula is C38H47ClN10O6S2. The number of hydrogen-bond acceptors (Lipinski definition) is 14. The van der Waals surface area contributed by atoms with Gasteiger partial charge in [0.2, 0.25) is 28.9 Å². The zero-order valence-electron chi connectivity index (χ0n) is 32.1. The summed E-state index contributed by atoms with van der Waals surface area (Å²) in [4.78, 5) is 52.8. The van der Waals surface area contributed by atoms with Gasteiger partial charge in [0.15, 0.2) is 0 Å². The van der Waals surface area contributed by atoms with Gasteiger partial charge in [0, 0.05) is 108 Å². The molecule has 0 spiro atoms. The largest absolute Gasteiger partial charge is 0.490 e. The van der Waals surface area contributed by atoms with Crippen LogP contribution in [0.3, 0.4) is 0 Å². The Bertz CT molecular complexity index is 2100. The van der Waals surface area contributed by atoms with Crippen molar-refractivity contribution < 1.29 is 27.5 Å². The van der Waals surface area contributed by atoms with E-state index in [0.717, 1.165) is 66.4 Å². The maximum atomic E-state index is 12.7. The van der Waals surface area contributed by atoms with Gasteiger partial charge >= 0.3 is 0 Å². The number of nitrogens with zero attached hydrogens (tertiary/aromatic N) is 8. The molecule has 6 aliphatic rings. The number of likely N-dealkylation sites (tertiary alicyclic amines) is 2. The molecule has 3 saturated heterocycles. The Labute approximate surface area is 341 Å². The average Bonchev–Trinajstić information content (AvgIpc) is 3.97. The lowest BCUT2D eigenvalue weighted by atomic mass is 10.1. The van der Waals surface area contributed by atoms with Crippen molar-refractivity contribution in [1.82, 2.24) is 29.7 Å². The minimum atomic E-state index is -1.10. The maximum absolute atomic E-state index is 12.7. The van der Waals surface area contributed by atoms with Gasteiger partial charge in [0.25, 0.3) is 0 Å². The number of anilines is 3. The number of carbonyl (C=O) groups excluding carboxylic acids is 2. The molecule has 3 aromatic rings. The Morgan fingerprint density at radius 2 is 1.35 bits per heavy atom. The van der Waals surface area contributed by atoms with E-state index in [4.69, 9.17) is 31.0 Å². The highest BCUT2D eigenvalue weighted by Gasteiger charge is 2.32. The third kappa shape index (κ3) is 9.02. The molecule has 0 bridgehead atoms. The third-order valence-electron chi connectivity index (χ3n) is 11.0. The molecule has 3 fully saturated rings. The smallest absolute Gasteiger partial charge is 0.227 e. The van der Waals surface area contributed by atoms with Crippen LogP contribution in [0.5, 0.6) is 5.75 Å². The Morgan fingerprint density at radius 1 is 0.772 bits per heavy atom. The molecular weight excluding hydrogens is 792 g/mol. The highest BCUT2D eigenvalue weighted by molar-refractivity contribution is 7.85. The Morgan fingerprint density at radius 3 is 1.91 bits per heavy atom. The lowest BCUT2D eigenvalue weighted by Gasteiger charge is -2.33. The number of piperidine rings is 3. The minimum absolute atomic E-state index is 0.0879. The van der Waals surface area contributed by atoms with Crippen LogP contribution in [0.4, 0.5) is 17.6 Å². The summed E-state index contributed by atoms with van der Waals surface area (Å²) < 4.78 is 36.6. The van der Waals surface area contributed by atoms with Crippen LogP contribution in [-0.4, -0.2) is 139 Å². The van der Waals surface area contributed by atoms with Crippen molar-refractivity contribution >= 4 is 68.5 Å².